The molecule has 1 aliphatic rings. The summed E-state index contributed by atoms with van der Waals surface area (Å²) in [4.78, 5) is 26.0. The first-order valence-corrected chi connectivity index (χ1v) is 9.24. The molecule has 136 valence electrons. The molecule has 3 N–H and O–H groups in total. The molecule has 2 aromatic rings. The number of carbonyl (C=O) groups excluding carboxylic acids is 2. The van der Waals surface area contributed by atoms with Gasteiger partial charge in [-0.1, -0.05) is 0 Å². The Balaban J connectivity index is 1.76. The number of carbonyl (C=O) groups is 2. The summed E-state index contributed by atoms with van der Waals surface area (Å²) in [7, 11) is -2.25. The van der Waals surface area contributed by atoms with E-state index in [9.17, 15) is 18.0 Å². The van der Waals surface area contributed by atoms with Crippen LogP contribution in [0.4, 0.5) is 11.4 Å². The number of ether oxygens (including phenoxy) is 1. The van der Waals surface area contributed by atoms with Gasteiger partial charge in [-0.3, -0.25) is 9.59 Å². The fraction of sp³-hybridized carbons (Fsp3) is 0.176. The van der Waals surface area contributed by atoms with Crippen molar-refractivity contribution in [3.63, 3.8) is 0 Å². The highest BCUT2D eigenvalue weighted by Gasteiger charge is 2.39. The molecule has 2 aromatic carbocycles. The highest BCUT2D eigenvalue weighted by Crippen LogP contribution is 2.27. The highest BCUT2D eigenvalue weighted by atomic mass is 32.2. The summed E-state index contributed by atoms with van der Waals surface area (Å²) in [5, 5.41) is 8.00. The normalized spacial score (nSPS) is 17.5. The number of hydrogen-bond acceptors (Lipinski definition) is 6. The molecule has 1 atom stereocenters. The van der Waals surface area contributed by atoms with Gasteiger partial charge in [-0.05, 0) is 48.5 Å². The Morgan fingerprint density at radius 2 is 1.69 bits per heavy atom. The molecule has 1 aliphatic heterocycles. The van der Waals surface area contributed by atoms with Crippen molar-refractivity contribution < 1.29 is 22.7 Å². The van der Waals surface area contributed by atoms with E-state index in [2.05, 4.69) is 5.32 Å². The van der Waals surface area contributed by atoms with E-state index in [1.54, 1.807) is 24.3 Å². The number of primary sulfonamides is 1. The van der Waals surface area contributed by atoms with E-state index in [1.807, 2.05) is 0 Å². The van der Waals surface area contributed by atoms with Gasteiger partial charge in [0.1, 0.15) is 11.8 Å². The van der Waals surface area contributed by atoms with Gasteiger partial charge in [-0.15, -0.1) is 0 Å². The van der Waals surface area contributed by atoms with Crippen molar-refractivity contribution >= 4 is 33.2 Å². The number of amides is 2. The third-order valence-corrected chi connectivity index (χ3v) is 4.93. The molecule has 2 amide bonds. The number of imide groups is 1. The smallest absolute Gasteiger partial charge is 0.256 e. The summed E-state index contributed by atoms with van der Waals surface area (Å²) in [5.74, 6) is -0.0769. The molecule has 0 bridgehead atoms. The topological polar surface area (TPSA) is 119 Å². The molecule has 8 nitrogen and oxygen atoms in total. The van der Waals surface area contributed by atoms with Crippen molar-refractivity contribution in [1.82, 2.24) is 0 Å². The van der Waals surface area contributed by atoms with Gasteiger partial charge in [0.25, 0.3) is 5.91 Å². The van der Waals surface area contributed by atoms with Crippen LogP contribution in [0.25, 0.3) is 0 Å². The van der Waals surface area contributed by atoms with E-state index in [1.165, 1.54) is 31.4 Å². The number of nitrogens with two attached hydrogens (primary N) is 1. The monoisotopic (exact) mass is 375 g/mol. The van der Waals surface area contributed by atoms with Crippen molar-refractivity contribution in [2.24, 2.45) is 5.14 Å². The standard InChI is InChI=1S/C17H17N3O5S/c1-25-13-6-4-12(5-7-13)20-16(21)10-15(17(20)22)19-11-2-8-14(9-3-11)26(18,23)24/h2-9,15,19H,10H2,1H3,(H2,18,23,24)/t15-/m1/s1. The summed E-state index contributed by atoms with van der Waals surface area (Å²) in [6, 6.07) is 11.5. The fourth-order valence-corrected chi connectivity index (χ4v) is 3.20. The number of benzene rings is 2. The molecule has 0 aliphatic carbocycles. The van der Waals surface area contributed by atoms with Gasteiger partial charge in [0.2, 0.25) is 15.9 Å². The molecule has 3 rings (SSSR count). The van der Waals surface area contributed by atoms with E-state index >= 15 is 0 Å². The maximum Gasteiger partial charge on any atom is 0.256 e. The van der Waals surface area contributed by atoms with E-state index in [0.29, 0.717) is 17.1 Å². The lowest BCUT2D eigenvalue weighted by atomic mass is 10.2. The van der Waals surface area contributed by atoms with Gasteiger partial charge < -0.3 is 10.1 Å². The summed E-state index contributed by atoms with van der Waals surface area (Å²) in [6.07, 6.45) is 0.00179. The van der Waals surface area contributed by atoms with Crippen molar-refractivity contribution in [2.45, 2.75) is 17.4 Å². The Hall–Kier alpha value is -2.91. The van der Waals surface area contributed by atoms with E-state index in [-0.39, 0.29) is 23.1 Å². The summed E-state index contributed by atoms with van der Waals surface area (Å²) in [5.41, 5.74) is 0.981. The van der Waals surface area contributed by atoms with E-state index < -0.39 is 16.1 Å². The Morgan fingerprint density at radius 3 is 2.23 bits per heavy atom. The van der Waals surface area contributed by atoms with Crippen LogP contribution in [-0.4, -0.2) is 33.4 Å². The van der Waals surface area contributed by atoms with Crippen LogP contribution in [-0.2, 0) is 19.6 Å². The van der Waals surface area contributed by atoms with Gasteiger partial charge in [0, 0.05) is 5.69 Å². The van der Waals surface area contributed by atoms with Crippen LogP contribution in [0.15, 0.2) is 53.4 Å². The summed E-state index contributed by atoms with van der Waals surface area (Å²) < 4.78 is 27.6. The third kappa shape index (κ3) is 3.53. The van der Waals surface area contributed by atoms with Crippen LogP contribution in [0, 0.1) is 0 Å². The molecule has 9 heteroatoms. The lowest BCUT2D eigenvalue weighted by Crippen LogP contribution is -2.34. The fourth-order valence-electron chi connectivity index (χ4n) is 2.69. The minimum atomic E-state index is -3.78. The van der Waals surface area contributed by atoms with E-state index in [4.69, 9.17) is 9.88 Å². The highest BCUT2D eigenvalue weighted by molar-refractivity contribution is 7.89. The van der Waals surface area contributed by atoms with Crippen molar-refractivity contribution in [1.29, 1.82) is 0 Å². The number of rotatable bonds is 5. The molecule has 1 heterocycles. The first-order valence-electron chi connectivity index (χ1n) is 7.70. The Kier molecular flexibility index (Phi) is 4.66. The molecule has 1 saturated heterocycles. The van der Waals surface area contributed by atoms with Crippen molar-refractivity contribution in [2.75, 3.05) is 17.3 Å². The van der Waals surface area contributed by atoms with Crippen LogP contribution in [0.5, 0.6) is 5.75 Å². The largest absolute Gasteiger partial charge is 0.497 e. The van der Waals surface area contributed by atoms with Crippen LogP contribution in [0.3, 0.4) is 0 Å². The minimum absolute atomic E-state index is 0.00179. The number of anilines is 2. The number of methoxy groups -OCH3 is 1. The Bertz CT molecular complexity index is 939. The molecular weight excluding hydrogens is 358 g/mol. The first-order chi connectivity index (χ1) is 12.3. The second-order valence-corrected chi connectivity index (χ2v) is 7.30. The maximum atomic E-state index is 12.6. The molecular formula is C17H17N3O5S. The molecule has 0 radical (unpaired) electrons. The number of hydrogen-bond donors (Lipinski definition) is 2. The van der Waals surface area contributed by atoms with Gasteiger partial charge in [-0.25, -0.2) is 18.5 Å². The zero-order chi connectivity index (χ0) is 18.9. The van der Waals surface area contributed by atoms with Crippen LogP contribution >= 0.6 is 0 Å². The second kappa shape index (κ2) is 6.77. The summed E-state index contributed by atoms with van der Waals surface area (Å²) >= 11 is 0. The minimum Gasteiger partial charge on any atom is -0.497 e. The molecule has 0 spiro atoms. The average molecular weight is 375 g/mol. The lowest BCUT2D eigenvalue weighted by molar-refractivity contribution is -0.121. The number of nitrogens with zero attached hydrogens (tertiary/aromatic N) is 1. The number of sulfonamides is 1. The van der Waals surface area contributed by atoms with Crippen LogP contribution < -0.4 is 20.1 Å². The Labute approximate surface area is 150 Å². The molecule has 0 saturated carbocycles. The van der Waals surface area contributed by atoms with Crippen LogP contribution in [0.2, 0.25) is 0 Å². The number of nitrogens with one attached hydrogen (secondary N) is 1. The maximum absolute atomic E-state index is 12.6. The van der Waals surface area contributed by atoms with Crippen molar-refractivity contribution in [3.05, 3.63) is 48.5 Å². The van der Waals surface area contributed by atoms with Gasteiger partial charge in [0.15, 0.2) is 0 Å². The summed E-state index contributed by atoms with van der Waals surface area (Å²) in [6.45, 7) is 0. The predicted molar refractivity (Wildman–Crippen MR) is 95.3 cm³/mol. The molecule has 0 unspecified atom stereocenters. The van der Waals surface area contributed by atoms with E-state index in [0.717, 1.165) is 4.90 Å². The van der Waals surface area contributed by atoms with Gasteiger partial charge in [-0.2, -0.15) is 0 Å². The van der Waals surface area contributed by atoms with Gasteiger partial charge >= 0.3 is 0 Å². The Morgan fingerprint density at radius 1 is 1.08 bits per heavy atom. The molecule has 26 heavy (non-hydrogen) atoms. The zero-order valence-electron chi connectivity index (χ0n) is 13.9. The van der Waals surface area contributed by atoms with Crippen molar-refractivity contribution in [3.8, 4) is 5.75 Å². The zero-order valence-corrected chi connectivity index (χ0v) is 14.7. The van der Waals surface area contributed by atoms with Crippen LogP contribution in [0.1, 0.15) is 6.42 Å². The van der Waals surface area contributed by atoms with Gasteiger partial charge in [0.05, 0.1) is 24.1 Å². The quantitative estimate of drug-likeness (QED) is 0.755. The third-order valence-electron chi connectivity index (χ3n) is 4.00. The average Bonchev–Trinajstić information content (AvgIpc) is 2.88. The molecule has 1 fully saturated rings. The molecule has 0 aromatic heterocycles. The lowest BCUT2D eigenvalue weighted by Gasteiger charge is -2.16. The first kappa shape index (κ1) is 17.9. The second-order valence-electron chi connectivity index (χ2n) is 5.74. The SMILES string of the molecule is COc1ccc(N2C(=O)C[C@@H](Nc3ccc(S(N)(=O)=O)cc3)C2=O)cc1. The predicted octanol–water partition coefficient (Wildman–Crippen LogP) is 1.09.